The standard InChI is InChI=1S/C19H21NO2/c21-14-16-12-19(22)20(13-16)11-10-15-6-8-18(9-7-15)17-4-2-1-3-5-17/h1-9,16,21H,10-14H2. The summed E-state index contributed by atoms with van der Waals surface area (Å²) in [5.74, 6) is 0.285. The van der Waals surface area contributed by atoms with Crippen LogP contribution in [-0.2, 0) is 11.2 Å². The Labute approximate surface area is 131 Å². The van der Waals surface area contributed by atoms with Gasteiger partial charge >= 0.3 is 0 Å². The van der Waals surface area contributed by atoms with Crippen LogP contribution in [0.25, 0.3) is 11.1 Å². The molecule has 1 amide bonds. The van der Waals surface area contributed by atoms with Crippen molar-refractivity contribution in [1.82, 2.24) is 4.90 Å². The molecule has 3 nitrogen and oxygen atoms in total. The molecule has 1 aliphatic heterocycles. The molecule has 2 aromatic rings. The number of carbonyl (C=O) groups is 1. The van der Waals surface area contributed by atoms with Crippen molar-refractivity contribution in [1.29, 1.82) is 0 Å². The number of benzene rings is 2. The van der Waals surface area contributed by atoms with Crippen LogP contribution in [-0.4, -0.2) is 35.6 Å². The van der Waals surface area contributed by atoms with E-state index in [9.17, 15) is 4.79 Å². The van der Waals surface area contributed by atoms with Crippen molar-refractivity contribution < 1.29 is 9.90 Å². The predicted octanol–water partition coefficient (Wildman–Crippen LogP) is 2.74. The van der Waals surface area contributed by atoms with Gasteiger partial charge < -0.3 is 10.0 Å². The highest BCUT2D eigenvalue weighted by Gasteiger charge is 2.28. The van der Waals surface area contributed by atoms with Crippen LogP contribution in [0.3, 0.4) is 0 Å². The lowest BCUT2D eigenvalue weighted by atomic mass is 10.0. The molecule has 0 radical (unpaired) electrons. The van der Waals surface area contributed by atoms with Crippen LogP contribution in [0.15, 0.2) is 54.6 Å². The second-order valence-electron chi connectivity index (χ2n) is 5.91. The first kappa shape index (κ1) is 14.8. The van der Waals surface area contributed by atoms with Crippen LogP contribution in [0.4, 0.5) is 0 Å². The van der Waals surface area contributed by atoms with Crippen molar-refractivity contribution in [2.45, 2.75) is 12.8 Å². The molecule has 0 bridgehead atoms. The highest BCUT2D eigenvalue weighted by Crippen LogP contribution is 2.21. The van der Waals surface area contributed by atoms with E-state index in [0.29, 0.717) is 13.0 Å². The van der Waals surface area contributed by atoms with Crippen LogP contribution in [0.2, 0.25) is 0 Å². The van der Waals surface area contributed by atoms with E-state index in [-0.39, 0.29) is 18.4 Å². The number of likely N-dealkylation sites (tertiary alicyclic amines) is 1. The van der Waals surface area contributed by atoms with Gasteiger partial charge in [-0.25, -0.2) is 0 Å². The summed E-state index contributed by atoms with van der Waals surface area (Å²) in [6.45, 7) is 1.53. The van der Waals surface area contributed by atoms with Gasteiger partial charge in [0.15, 0.2) is 0 Å². The van der Waals surface area contributed by atoms with Crippen LogP contribution in [0, 0.1) is 5.92 Å². The molecule has 1 heterocycles. The molecule has 0 aromatic heterocycles. The Kier molecular flexibility index (Phi) is 4.54. The highest BCUT2D eigenvalue weighted by molar-refractivity contribution is 5.78. The van der Waals surface area contributed by atoms with Crippen molar-refractivity contribution >= 4 is 5.91 Å². The molecule has 2 aromatic carbocycles. The van der Waals surface area contributed by atoms with E-state index in [1.807, 2.05) is 23.1 Å². The summed E-state index contributed by atoms with van der Waals surface area (Å²) in [7, 11) is 0. The van der Waals surface area contributed by atoms with E-state index < -0.39 is 0 Å². The average Bonchev–Trinajstić information content (AvgIpc) is 2.94. The molecule has 1 fully saturated rings. The van der Waals surface area contributed by atoms with Gasteiger partial charge in [-0.05, 0) is 23.1 Å². The molecule has 3 heteroatoms. The monoisotopic (exact) mass is 295 g/mol. The van der Waals surface area contributed by atoms with Gasteiger partial charge in [-0.1, -0.05) is 54.6 Å². The molecule has 0 saturated carbocycles. The normalized spacial score (nSPS) is 18.0. The molecule has 1 saturated heterocycles. The van der Waals surface area contributed by atoms with E-state index in [1.54, 1.807) is 0 Å². The maximum absolute atomic E-state index is 11.8. The number of aliphatic hydroxyl groups excluding tert-OH is 1. The quantitative estimate of drug-likeness (QED) is 0.921. The molecule has 0 aliphatic carbocycles. The van der Waals surface area contributed by atoms with Gasteiger partial charge in [0, 0.05) is 32.0 Å². The van der Waals surface area contributed by atoms with Crippen molar-refractivity contribution in [3.8, 4) is 11.1 Å². The number of amides is 1. The third-order valence-electron chi connectivity index (χ3n) is 4.28. The van der Waals surface area contributed by atoms with Gasteiger partial charge in [-0.3, -0.25) is 4.79 Å². The fraction of sp³-hybridized carbons (Fsp3) is 0.316. The van der Waals surface area contributed by atoms with E-state index >= 15 is 0 Å². The largest absolute Gasteiger partial charge is 0.396 e. The number of rotatable bonds is 5. The van der Waals surface area contributed by atoms with Gasteiger partial charge in [0.25, 0.3) is 0 Å². The smallest absolute Gasteiger partial charge is 0.223 e. The summed E-state index contributed by atoms with van der Waals surface area (Å²) in [5.41, 5.74) is 3.66. The van der Waals surface area contributed by atoms with Gasteiger partial charge in [0.2, 0.25) is 5.91 Å². The molecule has 1 atom stereocenters. The molecule has 114 valence electrons. The van der Waals surface area contributed by atoms with Gasteiger partial charge in [-0.15, -0.1) is 0 Å². The number of hydrogen-bond donors (Lipinski definition) is 1. The molecular formula is C19H21NO2. The van der Waals surface area contributed by atoms with Gasteiger partial charge in [0.05, 0.1) is 0 Å². The fourth-order valence-corrected chi connectivity index (χ4v) is 2.95. The Bertz CT molecular complexity index is 622. The van der Waals surface area contributed by atoms with Crippen molar-refractivity contribution in [2.24, 2.45) is 5.92 Å². The summed E-state index contributed by atoms with van der Waals surface area (Å²) < 4.78 is 0. The zero-order valence-electron chi connectivity index (χ0n) is 12.6. The summed E-state index contributed by atoms with van der Waals surface area (Å²) in [5, 5.41) is 9.15. The third-order valence-corrected chi connectivity index (χ3v) is 4.28. The number of nitrogens with zero attached hydrogens (tertiary/aromatic N) is 1. The first-order valence-electron chi connectivity index (χ1n) is 7.79. The van der Waals surface area contributed by atoms with Crippen LogP contribution in [0.1, 0.15) is 12.0 Å². The van der Waals surface area contributed by atoms with E-state index in [0.717, 1.165) is 13.0 Å². The summed E-state index contributed by atoms with van der Waals surface area (Å²) in [4.78, 5) is 13.7. The minimum atomic E-state index is 0.105. The highest BCUT2D eigenvalue weighted by atomic mass is 16.3. The van der Waals surface area contributed by atoms with E-state index in [2.05, 4.69) is 36.4 Å². The topological polar surface area (TPSA) is 40.5 Å². The van der Waals surface area contributed by atoms with E-state index in [4.69, 9.17) is 5.11 Å². The van der Waals surface area contributed by atoms with Crippen molar-refractivity contribution in [2.75, 3.05) is 19.7 Å². The number of aliphatic hydroxyl groups is 1. The zero-order chi connectivity index (χ0) is 15.4. The lowest BCUT2D eigenvalue weighted by molar-refractivity contribution is -0.127. The minimum absolute atomic E-state index is 0.105. The second kappa shape index (κ2) is 6.75. The molecule has 1 aliphatic rings. The average molecular weight is 295 g/mol. The number of hydrogen-bond acceptors (Lipinski definition) is 2. The first-order valence-corrected chi connectivity index (χ1v) is 7.79. The van der Waals surface area contributed by atoms with Crippen LogP contribution >= 0.6 is 0 Å². The van der Waals surface area contributed by atoms with Gasteiger partial charge in [0.1, 0.15) is 0 Å². The Morgan fingerprint density at radius 1 is 1.00 bits per heavy atom. The number of carbonyl (C=O) groups excluding carboxylic acids is 1. The fourth-order valence-electron chi connectivity index (χ4n) is 2.95. The zero-order valence-corrected chi connectivity index (χ0v) is 12.6. The Balaban J connectivity index is 1.59. The lowest BCUT2D eigenvalue weighted by Gasteiger charge is -2.16. The molecule has 3 rings (SSSR count). The first-order chi connectivity index (χ1) is 10.8. The maximum Gasteiger partial charge on any atom is 0.223 e. The SMILES string of the molecule is O=C1CC(CO)CN1CCc1ccc(-c2ccccc2)cc1. The maximum atomic E-state index is 11.8. The lowest BCUT2D eigenvalue weighted by Crippen LogP contribution is -2.27. The summed E-state index contributed by atoms with van der Waals surface area (Å²) >= 11 is 0. The Morgan fingerprint density at radius 3 is 2.32 bits per heavy atom. The molecule has 0 spiro atoms. The summed E-state index contributed by atoms with van der Waals surface area (Å²) in [6.07, 6.45) is 1.35. The Morgan fingerprint density at radius 2 is 1.68 bits per heavy atom. The molecular weight excluding hydrogens is 274 g/mol. The van der Waals surface area contributed by atoms with Crippen molar-refractivity contribution in [3.63, 3.8) is 0 Å². The summed E-state index contributed by atoms with van der Waals surface area (Å²) in [6, 6.07) is 18.8. The molecule has 22 heavy (non-hydrogen) atoms. The third kappa shape index (κ3) is 3.37. The molecule has 1 N–H and O–H groups in total. The van der Waals surface area contributed by atoms with Crippen LogP contribution in [0.5, 0.6) is 0 Å². The van der Waals surface area contributed by atoms with Crippen LogP contribution < -0.4 is 0 Å². The van der Waals surface area contributed by atoms with Gasteiger partial charge in [-0.2, -0.15) is 0 Å². The van der Waals surface area contributed by atoms with Crippen molar-refractivity contribution in [3.05, 3.63) is 60.2 Å². The van der Waals surface area contributed by atoms with E-state index in [1.165, 1.54) is 16.7 Å². The second-order valence-corrected chi connectivity index (χ2v) is 5.91. The predicted molar refractivity (Wildman–Crippen MR) is 87.4 cm³/mol. The minimum Gasteiger partial charge on any atom is -0.396 e. The molecule has 1 unspecified atom stereocenters. The Hall–Kier alpha value is -2.13.